The molecular formula is C6H12N2O. The Morgan fingerprint density at radius 3 is 2.89 bits per heavy atom. The number of hydrogen-bond donors (Lipinski definition) is 0. The monoisotopic (exact) mass is 128 g/mol. The highest BCUT2D eigenvalue weighted by Gasteiger charge is 2.11. The fraction of sp³-hybridized carbons (Fsp3) is 0.833. The van der Waals surface area contributed by atoms with Crippen LogP contribution in [0.2, 0.25) is 0 Å². The van der Waals surface area contributed by atoms with E-state index >= 15 is 0 Å². The van der Waals surface area contributed by atoms with Gasteiger partial charge in [0.05, 0.1) is 6.61 Å². The zero-order valence-corrected chi connectivity index (χ0v) is 5.92. The average molecular weight is 128 g/mol. The first-order chi connectivity index (χ1) is 4.34. The zero-order chi connectivity index (χ0) is 6.69. The van der Waals surface area contributed by atoms with E-state index in [9.17, 15) is 0 Å². The van der Waals surface area contributed by atoms with Gasteiger partial charge in [0.25, 0.3) is 6.02 Å². The van der Waals surface area contributed by atoms with E-state index in [1.54, 1.807) is 7.05 Å². The van der Waals surface area contributed by atoms with E-state index < -0.39 is 0 Å². The van der Waals surface area contributed by atoms with Gasteiger partial charge in [0.2, 0.25) is 0 Å². The molecule has 0 amide bonds. The van der Waals surface area contributed by atoms with Gasteiger partial charge in [-0.2, -0.15) is 0 Å². The molecule has 1 aliphatic heterocycles. The Morgan fingerprint density at radius 1 is 1.67 bits per heavy atom. The minimum atomic E-state index is 0.765. The molecular weight excluding hydrogens is 116 g/mol. The SMILES string of the molecule is CN=C1OCCCN1C. The minimum Gasteiger partial charge on any atom is -0.465 e. The largest absolute Gasteiger partial charge is 0.465 e. The van der Waals surface area contributed by atoms with Crippen molar-refractivity contribution < 1.29 is 4.74 Å². The third-order valence-electron chi connectivity index (χ3n) is 1.39. The lowest BCUT2D eigenvalue weighted by molar-refractivity contribution is 0.191. The first kappa shape index (κ1) is 6.39. The van der Waals surface area contributed by atoms with Crippen molar-refractivity contribution in [2.24, 2.45) is 4.99 Å². The van der Waals surface area contributed by atoms with Crippen LogP contribution in [0.15, 0.2) is 4.99 Å². The Balaban J connectivity index is 2.49. The third kappa shape index (κ3) is 1.34. The molecule has 0 radical (unpaired) electrons. The molecule has 0 unspecified atom stereocenters. The van der Waals surface area contributed by atoms with Crippen molar-refractivity contribution in [3.63, 3.8) is 0 Å². The fourth-order valence-electron chi connectivity index (χ4n) is 0.906. The molecule has 0 saturated carbocycles. The smallest absolute Gasteiger partial charge is 0.286 e. The van der Waals surface area contributed by atoms with Gasteiger partial charge in [0, 0.05) is 20.6 Å². The van der Waals surface area contributed by atoms with Crippen LogP contribution < -0.4 is 0 Å². The molecule has 9 heavy (non-hydrogen) atoms. The molecule has 1 heterocycles. The lowest BCUT2D eigenvalue weighted by Crippen LogP contribution is -2.35. The van der Waals surface area contributed by atoms with E-state index in [4.69, 9.17) is 4.74 Å². The maximum Gasteiger partial charge on any atom is 0.286 e. The Bertz CT molecular complexity index is 122. The molecule has 52 valence electrons. The van der Waals surface area contributed by atoms with Crippen molar-refractivity contribution >= 4 is 6.02 Å². The molecule has 0 N–H and O–H groups in total. The van der Waals surface area contributed by atoms with Gasteiger partial charge in [-0.05, 0) is 6.42 Å². The molecule has 0 aromatic heterocycles. The van der Waals surface area contributed by atoms with E-state index in [1.807, 2.05) is 11.9 Å². The van der Waals surface area contributed by atoms with Crippen molar-refractivity contribution in [1.29, 1.82) is 0 Å². The molecule has 1 aliphatic rings. The van der Waals surface area contributed by atoms with E-state index in [0.717, 1.165) is 25.6 Å². The van der Waals surface area contributed by atoms with E-state index in [1.165, 1.54) is 0 Å². The van der Waals surface area contributed by atoms with Gasteiger partial charge in [-0.15, -0.1) is 0 Å². The lowest BCUT2D eigenvalue weighted by atomic mass is 10.4. The van der Waals surface area contributed by atoms with Crippen LogP contribution in [0.1, 0.15) is 6.42 Å². The zero-order valence-electron chi connectivity index (χ0n) is 5.92. The van der Waals surface area contributed by atoms with E-state index in [-0.39, 0.29) is 0 Å². The number of amidine groups is 1. The van der Waals surface area contributed by atoms with Gasteiger partial charge >= 0.3 is 0 Å². The van der Waals surface area contributed by atoms with Gasteiger partial charge in [0.15, 0.2) is 0 Å². The average Bonchev–Trinajstić information content (AvgIpc) is 1.89. The Hall–Kier alpha value is -0.730. The molecule has 0 spiro atoms. The highest BCUT2D eigenvalue weighted by molar-refractivity contribution is 5.73. The van der Waals surface area contributed by atoms with Gasteiger partial charge in [0.1, 0.15) is 0 Å². The summed E-state index contributed by atoms with van der Waals surface area (Å²) in [6.07, 6.45) is 1.11. The van der Waals surface area contributed by atoms with Crippen LogP contribution in [0.25, 0.3) is 0 Å². The standard InChI is InChI=1S/C6H12N2O/c1-7-6-8(2)4-3-5-9-6/h3-5H2,1-2H3. The van der Waals surface area contributed by atoms with Gasteiger partial charge in [-0.1, -0.05) is 0 Å². The van der Waals surface area contributed by atoms with Gasteiger partial charge in [-0.3, -0.25) is 0 Å². The summed E-state index contributed by atoms with van der Waals surface area (Å²) in [4.78, 5) is 5.97. The molecule has 0 aromatic carbocycles. The van der Waals surface area contributed by atoms with Crippen molar-refractivity contribution in [2.45, 2.75) is 6.42 Å². The van der Waals surface area contributed by atoms with Gasteiger partial charge < -0.3 is 9.64 Å². The summed E-state index contributed by atoms with van der Waals surface area (Å²) in [5.74, 6) is 0. The molecule has 3 nitrogen and oxygen atoms in total. The Labute approximate surface area is 55.3 Å². The summed E-state index contributed by atoms with van der Waals surface area (Å²) in [6.45, 7) is 1.88. The molecule has 1 fully saturated rings. The maximum absolute atomic E-state index is 5.22. The highest BCUT2D eigenvalue weighted by atomic mass is 16.5. The molecule has 0 aliphatic carbocycles. The van der Waals surface area contributed by atoms with Crippen molar-refractivity contribution in [3.05, 3.63) is 0 Å². The van der Waals surface area contributed by atoms with Crippen molar-refractivity contribution in [2.75, 3.05) is 27.2 Å². The van der Waals surface area contributed by atoms with Crippen molar-refractivity contribution in [3.8, 4) is 0 Å². The van der Waals surface area contributed by atoms with Crippen LogP contribution in [0.4, 0.5) is 0 Å². The van der Waals surface area contributed by atoms with Crippen LogP contribution in [-0.2, 0) is 4.74 Å². The van der Waals surface area contributed by atoms with Gasteiger partial charge in [-0.25, -0.2) is 4.99 Å². The predicted octanol–water partition coefficient (Wildman–Crippen LogP) is 0.324. The first-order valence-electron chi connectivity index (χ1n) is 3.15. The first-order valence-corrected chi connectivity index (χ1v) is 3.15. The molecule has 0 bridgehead atoms. The summed E-state index contributed by atoms with van der Waals surface area (Å²) in [5.41, 5.74) is 0. The Kier molecular flexibility index (Phi) is 1.92. The van der Waals surface area contributed by atoms with E-state index in [0.29, 0.717) is 0 Å². The predicted molar refractivity (Wildman–Crippen MR) is 36.6 cm³/mol. The summed E-state index contributed by atoms with van der Waals surface area (Å²) >= 11 is 0. The summed E-state index contributed by atoms with van der Waals surface area (Å²) in [5, 5.41) is 0. The lowest BCUT2D eigenvalue weighted by Gasteiger charge is -2.25. The minimum absolute atomic E-state index is 0.765. The molecule has 1 saturated heterocycles. The van der Waals surface area contributed by atoms with Crippen molar-refractivity contribution in [1.82, 2.24) is 4.90 Å². The van der Waals surface area contributed by atoms with Crippen LogP contribution in [-0.4, -0.2) is 38.2 Å². The third-order valence-corrected chi connectivity index (χ3v) is 1.39. The summed E-state index contributed by atoms with van der Waals surface area (Å²) < 4.78 is 5.22. The molecule has 0 aromatic rings. The summed E-state index contributed by atoms with van der Waals surface area (Å²) in [7, 11) is 3.73. The van der Waals surface area contributed by atoms with Crippen LogP contribution >= 0.6 is 0 Å². The number of hydrogen-bond acceptors (Lipinski definition) is 2. The topological polar surface area (TPSA) is 24.8 Å². The number of rotatable bonds is 0. The normalized spacial score (nSPS) is 24.2. The quantitative estimate of drug-likeness (QED) is 0.469. The van der Waals surface area contributed by atoms with Crippen LogP contribution in [0, 0.1) is 0 Å². The number of nitrogens with zero attached hydrogens (tertiary/aromatic N) is 2. The van der Waals surface area contributed by atoms with Crippen LogP contribution in [0.3, 0.4) is 0 Å². The molecule has 1 rings (SSSR count). The molecule has 0 atom stereocenters. The molecule has 3 heteroatoms. The highest BCUT2D eigenvalue weighted by Crippen LogP contribution is 2.00. The summed E-state index contributed by atoms with van der Waals surface area (Å²) in [6, 6.07) is 0.765. The number of aliphatic imine (C=N–C) groups is 1. The second kappa shape index (κ2) is 2.71. The maximum atomic E-state index is 5.22. The Morgan fingerprint density at radius 2 is 2.44 bits per heavy atom. The van der Waals surface area contributed by atoms with E-state index in [2.05, 4.69) is 4.99 Å². The second-order valence-electron chi connectivity index (χ2n) is 2.13. The second-order valence-corrected chi connectivity index (χ2v) is 2.13. The fourth-order valence-corrected chi connectivity index (χ4v) is 0.906. The number of ether oxygens (including phenoxy) is 1. The van der Waals surface area contributed by atoms with Crippen LogP contribution in [0.5, 0.6) is 0 Å².